The molecule has 1 saturated carbocycles. The third-order valence-electron chi connectivity index (χ3n) is 4.48. The Bertz CT molecular complexity index is 646. The Morgan fingerprint density at radius 2 is 2.05 bits per heavy atom. The summed E-state index contributed by atoms with van der Waals surface area (Å²) in [6.45, 7) is 1.73. The molecule has 2 aromatic rings. The molecule has 1 aliphatic rings. The Morgan fingerprint density at radius 3 is 2.71 bits per heavy atom. The lowest BCUT2D eigenvalue weighted by Crippen LogP contribution is -2.07. The third kappa shape index (κ3) is 3.38. The number of ketones is 1. The zero-order valence-electron chi connectivity index (χ0n) is 12.1. The molecule has 1 aromatic heterocycles. The highest BCUT2D eigenvalue weighted by Crippen LogP contribution is 2.38. The van der Waals surface area contributed by atoms with E-state index in [0.29, 0.717) is 17.6 Å². The van der Waals surface area contributed by atoms with Gasteiger partial charge in [-0.05, 0) is 61.8 Å². The maximum absolute atomic E-state index is 11.5. The van der Waals surface area contributed by atoms with Crippen molar-refractivity contribution in [3.05, 3.63) is 46.3 Å². The number of hydrogen-bond acceptors (Lipinski definition) is 2. The Hall–Kier alpha value is -1.12. The summed E-state index contributed by atoms with van der Waals surface area (Å²) < 4.78 is 0.831. The number of rotatable bonds is 4. The first-order chi connectivity index (χ1) is 10.1. The number of thiophene rings is 1. The second kappa shape index (κ2) is 6.33. The fourth-order valence-corrected chi connectivity index (χ4v) is 4.44. The van der Waals surface area contributed by atoms with Gasteiger partial charge in [0.1, 0.15) is 5.78 Å². The van der Waals surface area contributed by atoms with Crippen LogP contribution in [0.1, 0.15) is 31.7 Å². The maximum Gasteiger partial charge on any atom is 0.132 e. The van der Waals surface area contributed by atoms with Crippen LogP contribution in [-0.2, 0) is 11.2 Å². The number of hydrogen-bond donors (Lipinski definition) is 0. The van der Waals surface area contributed by atoms with Crippen LogP contribution in [-0.4, -0.2) is 5.78 Å². The lowest BCUT2D eigenvalue weighted by atomic mass is 9.92. The molecule has 1 nitrogen and oxygen atoms in total. The van der Waals surface area contributed by atoms with E-state index in [-0.39, 0.29) is 0 Å². The summed E-state index contributed by atoms with van der Waals surface area (Å²) in [4.78, 5) is 12.8. The van der Waals surface area contributed by atoms with Gasteiger partial charge in [0.2, 0.25) is 0 Å². The van der Waals surface area contributed by atoms with E-state index in [1.165, 1.54) is 22.4 Å². The van der Waals surface area contributed by atoms with E-state index in [1.807, 2.05) is 6.07 Å². The molecule has 3 heteroatoms. The number of Topliss-reactive ketones (excluding diaryl/α,β-unsaturated/α-hetero) is 1. The average molecular weight is 319 g/mol. The van der Waals surface area contributed by atoms with Crippen molar-refractivity contribution in [2.45, 2.75) is 32.6 Å². The van der Waals surface area contributed by atoms with Crippen LogP contribution in [0.3, 0.4) is 0 Å². The molecule has 0 amide bonds. The summed E-state index contributed by atoms with van der Waals surface area (Å²) in [6.07, 6.45) is 4.35. The number of halogens is 1. The van der Waals surface area contributed by atoms with Gasteiger partial charge in [-0.3, -0.25) is 4.79 Å². The zero-order chi connectivity index (χ0) is 14.8. The molecule has 1 aromatic carbocycles. The van der Waals surface area contributed by atoms with Crippen molar-refractivity contribution in [1.82, 2.24) is 0 Å². The molecule has 0 radical (unpaired) electrons. The monoisotopic (exact) mass is 318 g/mol. The fraction of sp³-hybridized carbons (Fsp3) is 0.389. The number of benzene rings is 1. The van der Waals surface area contributed by atoms with Gasteiger partial charge in [0.15, 0.2) is 0 Å². The molecule has 1 heterocycles. The molecule has 21 heavy (non-hydrogen) atoms. The van der Waals surface area contributed by atoms with E-state index in [2.05, 4.69) is 30.3 Å². The first kappa shape index (κ1) is 14.8. The van der Waals surface area contributed by atoms with Crippen LogP contribution in [0.4, 0.5) is 0 Å². The minimum Gasteiger partial charge on any atom is -0.300 e. The largest absolute Gasteiger partial charge is 0.300 e. The van der Waals surface area contributed by atoms with Crippen molar-refractivity contribution >= 4 is 28.7 Å². The van der Waals surface area contributed by atoms with Crippen molar-refractivity contribution in [2.75, 3.05) is 0 Å². The Labute approximate surface area is 135 Å². The van der Waals surface area contributed by atoms with E-state index in [9.17, 15) is 4.79 Å². The predicted octanol–water partition coefficient (Wildman–Crippen LogP) is 5.62. The van der Waals surface area contributed by atoms with Crippen molar-refractivity contribution in [3.63, 3.8) is 0 Å². The molecule has 2 atom stereocenters. The predicted molar refractivity (Wildman–Crippen MR) is 90.0 cm³/mol. The van der Waals surface area contributed by atoms with E-state index < -0.39 is 0 Å². The molecule has 0 unspecified atom stereocenters. The fourth-order valence-electron chi connectivity index (χ4n) is 3.34. The zero-order valence-corrected chi connectivity index (χ0v) is 13.7. The topological polar surface area (TPSA) is 17.1 Å². The summed E-state index contributed by atoms with van der Waals surface area (Å²) in [5.74, 6) is 1.28. The minimum absolute atomic E-state index is 0.290. The summed E-state index contributed by atoms with van der Waals surface area (Å²) in [7, 11) is 0. The first-order valence-electron chi connectivity index (χ1n) is 7.47. The molecule has 0 spiro atoms. The number of carbonyl (C=O) groups excluding carboxylic acids is 1. The van der Waals surface area contributed by atoms with E-state index in [1.54, 1.807) is 18.3 Å². The van der Waals surface area contributed by atoms with E-state index in [0.717, 1.165) is 23.6 Å². The molecule has 3 rings (SSSR count). The average Bonchev–Trinajstić information content (AvgIpc) is 3.09. The van der Waals surface area contributed by atoms with E-state index >= 15 is 0 Å². The smallest absolute Gasteiger partial charge is 0.132 e. The highest BCUT2D eigenvalue weighted by atomic mass is 35.5. The third-order valence-corrected chi connectivity index (χ3v) is 5.75. The van der Waals surface area contributed by atoms with Gasteiger partial charge in [-0.15, -0.1) is 11.3 Å². The SMILES string of the molecule is CC(=O)[C@@H]1CC[C@@H](Cc2ccccc2-c2ccc(Cl)s2)C1. The van der Waals surface area contributed by atoms with Gasteiger partial charge in [-0.1, -0.05) is 35.9 Å². The molecular weight excluding hydrogens is 300 g/mol. The number of carbonyl (C=O) groups is 1. The highest BCUT2D eigenvalue weighted by molar-refractivity contribution is 7.19. The standard InChI is InChI=1S/C18H19ClOS/c1-12(20)14-7-6-13(10-14)11-15-4-2-3-5-16(15)17-8-9-18(19)21-17/h2-5,8-9,13-14H,6-7,10-11H2,1H3/t13-,14-/m1/s1. The first-order valence-corrected chi connectivity index (χ1v) is 8.67. The van der Waals surface area contributed by atoms with Gasteiger partial charge in [-0.25, -0.2) is 0 Å². The van der Waals surface area contributed by atoms with Crippen LogP contribution in [0.25, 0.3) is 10.4 Å². The molecule has 110 valence electrons. The maximum atomic E-state index is 11.5. The summed E-state index contributed by atoms with van der Waals surface area (Å²) in [5.41, 5.74) is 2.67. The van der Waals surface area contributed by atoms with Crippen LogP contribution in [0.15, 0.2) is 36.4 Å². The normalized spacial score (nSPS) is 21.6. The van der Waals surface area contributed by atoms with Gasteiger partial charge in [0, 0.05) is 10.8 Å². The summed E-state index contributed by atoms with van der Waals surface area (Å²) in [5, 5.41) is 0. The minimum atomic E-state index is 0.290. The molecule has 1 aliphatic carbocycles. The highest BCUT2D eigenvalue weighted by Gasteiger charge is 2.28. The van der Waals surface area contributed by atoms with Crippen LogP contribution in [0.5, 0.6) is 0 Å². The molecular formula is C18H19ClOS. The van der Waals surface area contributed by atoms with Crippen molar-refractivity contribution < 1.29 is 4.79 Å². The summed E-state index contributed by atoms with van der Waals surface area (Å²) in [6, 6.07) is 12.6. The van der Waals surface area contributed by atoms with Gasteiger partial charge >= 0.3 is 0 Å². The molecule has 0 aliphatic heterocycles. The van der Waals surface area contributed by atoms with Gasteiger partial charge in [-0.2, -0.15) is 0 Å². The van der Waals surface area contributed by atoms with Crippen LogP contribution < -0.4 is 0 Å². The molecule has 1 fully saturated rings. The van der Waals surface area contributed by atoms with Crippen molar-refractivity contribution in [1.29, 1.82) is 0 Å². The Morgan fingerprint density at radius 1 is 1.24 bits per heavy atom. The molecule has 0 saturated heterocycles. The van der Waals surface area contributed by atoms with Crippen LogP contribution >= 0.6 is 22.9 Å². The lowest BCUT2D eigenvalue weighted by Gasteiger charge is -2.13. The van der Waals surface area contributed by atoms with Gasteiger partial charge in [0.05, 0.1) is 4.34 Å². The van der Waals surface area contributed by atoms with Crippen molar-refractivity contribution in [2.24, 2.45) is 11.8 Å². The summed E-state index contributed by atoms with van der Waals surface area (Å²) >= 11 is 7.70. The Balaban J connectivity index is 1.79. The van der Waals surface area contributed by atoms with Gasteiger partial charge < -0.3 is 0 Å². The lowest BCUT2D eigenvalue weighted by molar-refractivity contribution is -0.120. The quantitative estimate of drug-likeness (QED) is 0.715. The molecule has 0 bridgehead atoms. The Kier molecular flexibility index (Phi) is 4.46. The van der Waals surface area contributed by atoms with Crippen molar-refractivity contribution in [3.8, 4) is 10.4 Å². The van der Waals surface area contributed by atoms with E-state index in [4.69, 9.17) is 11.6 Å². The van der Waals surface area contributed by atoms with Gasteiger partial charge in [0.25, 0.3) is 0 Å². The second-order valence-electron chi connectivity index (χ2n) is 5.95. The van der Waals surface area contributed by atoms with Crippen LogP contribution in [0, 0.1) is 11.8 Å². The second-order valence-corrected chi connectivity index (χ2v) is 7.67. The molecule has 0 N–H and O–H groups in total. The van der Waals surface area contributed by atoms with Crippen LogP contribution in [0.2, 0.25) is 4.34 Å².